The van der Waals surface area contributed by atoms with E-state index in [1.54, 1.807) is 19.5 Å². The molecular formula is C14H24N4O2. The number of hydrogen-bond donors (Lipinski definition) is 2. The summed E-state index contributed by atoms with van der Waals surface area (Å²) in [5.41, 5.74) is 0.170. The van der Waals surface area contributed by atoms with E-state index in [1.807, 2.05) is 6.92 Å². The third kappa shape index (κ3) is 4.05. The van der Waals surface area contributed by atoms with Gasteiger partial charge in [-0.25, -0.2) is 0 Å². The Kier molecular flexibility index (Phi) is 5.55. The maximum atomic E-state index is 5.41. The van der Waals surface area contributed by atoms with Crippen LogP contribution in [-0.4, -0.2) is 49.9 Å². The van der Waals surface area contributed by atoms with E-state index in [0.29, 0.717) is 12.5 Å². The molecule has 0 spiro atoms. The Balaban J connectivity index is 1.96. The molecule has 2 N–H and O–H groups in total. The third-order valence-electron chi connectivity index (χ3n) is 3.66. The summed E-state index contributed by atoms with van der Waals surface area (Å²) in [5.74, 6) is 1.31. The fourth-order valence-electron chi connectivity index (χ4n) is 2.56. The van der Waals surface area contributed by atoms with Crippen LogP contribution in [0.25, 0.3) is 0 Å². The van der Waals surface area contributed by atoms with Crippen molar-refractivity contribution in [1.29, 1.82) is 0 Å². The summed E-state index contributed by atoms with van der Waals surface area (Å²) >= 11 is 0. The normalized spacial score (nSPS) is 17.7. The minimum atomic E-state index is 0.170. The second-order valence-corrected chi connectivity index (χ2v) is 5.21. The van der Waals surface area contributed by atoms with Gasteiger partial charge in [0.2, 0.25) is 5.88 Å². The predicted octanol–water partition coefficient (Wildman–Crippen LogP) is 1.30. The number of ether oxygens (including phenoxy) is 2. The Labute approximate surface area is 120 Å². The minimum absolute atomic E-state index is 0.170. The van der Waals surface area contributed by atoms with Crippen LogP contribution in [0.2, 0.25) is 0 Å². The number of nitrogens with one attached hydrogen (secondary N) is 2. The molecule has 1 aromatic heterocycles. The Morgan fingerprint density at radius 3 is 2.85 bits per heavy atom. The van der Waals surface area contributed by atoms with E-state index in [-0.39, 0.29) is 5.41 Å². The van der Waals surface area contributed by atoms with Crippen LogP contribution in [0.15, 0.2) is 12.4 Å². The third-order valence-corrected chi connectivity index (χ3v) is 3.66. The molecule has 2 heterocycles. The molecule has 0 bridgehead atoms. The molecule has 0 atom stereocenters. The van der Waals surface area contributed by atoms with Crippen molar-refractivity contribution in [3.63, 3.8) is 0 Å². The van der Waals surface area contributed by atoms with Crippen LogP contribution in [0.4, 0.5) is 5.82 Å². The van der Waals surface area contributed by atoms with Gasteiger partial charge in [-0.05, 0) is 32.9 Å². The molecule has 1 aliphatic heterocycles. The van der Waals surface area contributed by atoms with E-state index < -0.39 is 0 Å². The van der Waals surface area contributed by atoms with Crippen molar-refractivity contribution in [2.45, 2.75) is 19.8 Å². The van der Waals surface area contributed by atoms with Gasteiger partial charge in [-0.1, -0.05) is 0 Å². The van der Waals surface area contributed by atoms with Gasteiger partial charge in [0.15, 0.2) is 0 Å². The highest BCUT2D eigenvalue weighted by Crippen LogP contribution is 2.29. The Morgan fingerprint density at radius 1 is 1.35 bits per heavy atom. The molecule has 1 saturated heterocycles. The molecule has 1 aliphatic rings. The molecule has 1 aromatic rings. The van der Waals surface area contributed by atoms with E-state index in [9.17, 15) is 0 Å². The lowest BCUT2D eigenvalue weighted by Gasteiger charge is -2.37. The first-order chi connectivity index (χ1) is 9.78. The van der Waals surface area contributed by atoms with Crippen LogP contribution in [0.1, 0.15) is 19.8 Å². The molecule has 0 saturated carbocycles. The molecule has 0 aliphatic carbocycles. The number of aromatic nitrogens is 2. The molecule has 0 unspecified atom stereocenters. The SMILES string of the molecule is CCOc1cncc(NCC2(COC)CCNCC2)n1. The first-order valence-electron chi connectivity index (χ1n) is 7.16. The standard InChI is InChI=1S/C14H24N4O2/c1-3-20-13-9-16-8-12(18-13)17-10-14(11-19-2)4-6-15-7-5-14/h8-9,15H,3-7,10-11H2,1-2H3,(H,17,18). The van der Waals surface area contributed by atoms with Crippen LogP contribution in [0.5, 0.6) is 5.88 Å². The number of nitrogens with zero attached hydrogens (tertiary/aromatic N) is 2. The monoisotopic (exact) mass is 280 g/mol. The number of methoxy groups -OCH3 is 1. The maximum absolute atomic E-state index is 5.41. The minimum Gasteiger partial charge on any atom is -0.477 e. The molecule has 2 rings (SSSR count). The van der Waals surface area contributed by atoms with Gasteiger partial charge < -0.3 is 20.1 Å². The number of hydrogen-bond acceptors (Lipinski definition) is 6. The molecule has 6 heteroatoms. The van der Waals surface area contributed by atoms with Crippen LogP contribution in [-0.2, 0) is 4.74 Å². The Bertz CT molecular complexity index is 402. The summed E-state index contributed by atoms with van der Waals surface area (Å²) in [6, 6.07) is 0. The average Bonchev–Trinajstić information content (AvgIpc) is 2.47. The van der Waals surface area contributed by atoms with Crippen molar-refractivity contribution in [3.8, 4) is 5.88 Å². The largest absolute Gasteiger partial charge is 0.477 e. The Morgan fingerprint density at radius 2 is 2.15 bits per heavy atom. The summed E-state index contributed by atoms with van der Waals surface area (Å²) in [6.07, 6.45) is 5.56. The van der Waals surface area contributed by atoms with Crippen molar-refractivity contribution in [2.75, 3.05) is 45.3 Å². The zero-order valence-corrected chi connectivity index (χ0v) is 12.3. The highest BCUT2D eigenvalue weighted by atomic mass is 16.5. The van der Waals surface area contributed by atoms with E-state index in [0.717, 1.165) is 44.9 Å². The summed E-state index contributed by atoms with van der Waals surface area (Å²) < 4.78 is 10.8. The van der Waals surface area contributed by atoms with Crippen molar-refractivity contribution >= 4 is 5.82 Å². The summed E-state index contributed by atoms with van der Waals surface area (Å²) in [4.78, 5) is 8.53. The highest BCUT2D eigenvalue weighted by Gasteiger charge is 2.32. The molecule has 1 fully saturated rings. The van der Waals surface area contributed by atoms with Crippen LogP contribution >= 0.6 is 0 Å². The topological polar surface area (TPSA) is 68.3 Å². The first-order valence-corrected chi connectivity index (χ1v) is 7.16. The number of piperidine rings is 1. The molecule has 20 heavy (non-hydrogen) atoms. The second-order valence-electron chi connectivity index (χ2n) is 5.21. The van der Waals surface area contributed by atoms with Gasteiger partial charge in [0.25, 0.3) is 0 Å². The van der Waals surface area contributed by atoms with Gasteiger partial charge in [0, 0.05) is 19.1 Å². The molecule has 112 valence electrons. The van der Waals surface area contributed by atoms with E-state index in [1.165, 1.54) is 0 Å². The van der Waals surface area contributed by atoms with Gasteiger partial charge in [-0.3, -0.25) is 4.98 Å². The fourth-order valence-corrected chi connectivity index (χ4v) is 2.56. The van der Waals surface area contributed by atoms with Crippen LogP contribution < -0.4 is 15.4 Å². The lowest BCUT2D eigenvalue weighted by Crippen LogP contribution is -2.44. The van der Waals surface area contributed by atoms with E-state index in [4.69, 9.17) is 9.47 Å². The molecule has 0 radical (unpaired) electrons. The number of rotatable bonds is 7. The van der Waals surface area contributed by atoms with Gasteiger partial charge >= 0.3 is 0 Å². The number of anilines is 1. The molecule has 6 nitrogen and oxygen atoms in total. The van der Waals surface area contributed by atoms with E-state index in [2.05, 4.69) is 20.6 Å². The lowest BCUT2D eigenvalue weighted by molar-refractivity contribution is 0.0635. The van der Waals surface area contributed by atoms with Crippen molar-refractivity contribution in [3.05, 3.63) is 12.4 Å². The van der Waals surface area contributed by atoms with Crippen LogP contribution in [0.3, 0.4) is 0 Å². The second kappa shape index (κ2) is 7.40. The highest BCUT2D eigenvalue weighted by molar-refractivity contribution is 5.33. The van der Waals surface area contributed by atoms with Gasteiger partial charge in [0.05, 0.1) is 25.6 Å². The average molecular weight is 280 g/mol. The van der Waals surface area contributed by atoms with Gasteiger partial charge in [-0.2, -0.15) is 4.98 Å². The smallest absolute Gasteiger partial charge is 0.234 e. The summed E-state index contributed by atoms with van der Waals surface area (Å²) in [6.45, 7) is 6.21. The first kappa shape index (κ1) is 15.0. The molecular weight excluding hydrogens is 256 g/mol. The zero-order chi connectivity index (χ0) is 14.3. The van der Waals surface area contributed by atoms with Crippen LogP contribution in [0, 0.1) is 5.41 Å². The van der Waals surface area contributed by atoms with Crippen molar-refractivity contribution < 1.29 is 9.47 Å². The van der Waals surface area contributed by atoms with Crippen molar-refractivity contribution in [1.82, 2.24) is 15.3 Å². The quantitative estimate of drug-likeness (QED) is 0.785. The lowest BCUT2D eigenvalue weighted by atomic mass is 9.79. The molecule has 0 aromatic carbocycles. The maximum Gasteiger partial charge on any atom is 0.234 e. The van der Waals surface area contributed by atoms with Gasteiger partial charge in [-0.15, -0.1) is 0 Å². The predicted molar refractivity (Wildman–Crippen MR) is 78.1 cm³/mol. The van der Waals surface area contributed by atoms with E-state index >= 15 is 0 Å². The fraction of sp³-hybridized carbons (Fsp3) is 0.714. The van der Waals surface area contributed by atoms with Crippen molar-refractivity contribution in [2.24, 2.45) is 5.41 Å². The summed E-state index contributed by atoms with van der Waals surface area (Å²) in [7, 11) is 1.76. The molecule has 0 amide bonds. The Hall–Kier alpha value is -1.40. The zero-order valence-electron chi connectivity index (χ0n) is 12.3. The van der Waals surface area contributed by atoms with Gasteiger partial charge in [0.1, 0.15) is 5.82 Å². The summed E-state index contributed by atoms with van der Waals surface area (Å²) in [5, 5.41) is 6.77.